The minimum Gasteiger partial charge on any atom is -0.446 e. The number of carbonyl (C=O) groups excluding carboxylic acids is 1. The van der Waals surface area contributed by atoms with Gasteiger partial charge in [-0.05, 0) is 38.5 Å². The van der Waals surface area contributed by atoms with E-state index in [4.69, 9.17) is 4.74 Å². The highest BCUT2D eigenvalue weighted by Gasteiger charge is 2.49. The number of hydrogen-bond donors (Lipinski definition) is 0. The Morgan fingerprint density at radius 1 is 1.27 bits per heavy atom. The molecule has 0 N–H and O–H groups in total. The van der Waals surface area contributed by atoms with Gasteiger partial charge in [0, 0.05) is 18.5 Å². The smallest absolute Gasteiger partial charge is 0.410 e. The standard InChI is InChI=1S/C12H19NO2/c1-8-10-6-5-9-4-2-3-7-13(11(9)10)12(14)15-8/h8-11H,2-7H2,1H3/t8-,9+,10?,11?/m0/s1. The van der Waals surface area contributed by atoms with Crippen molar-refractivity contribution >= 4 is 6.09 Å². The molecule has 4 atom stereocenters. The lowest BCUT2D eigenvalue weighted by Crippen LogP contribution is -2.53. The van der Waals surface area contributed by atoms with Crippen LogP contribution in [0.4, 0.5) is 4.79 Å². The van der Waals surface area contributed by atoms with Gasteiger partial charge in [-0.25, -0.2) is 4.79 Å². The van der Waals surface area contributed by atoms with Crippen molar-refractivity contribution in [3.05, 3.63) is 0 Å². The molecule has 15 heavy (non-hydrogen) atoms. The quantitative estimate of drug-likeness (QED) is 0.613. The molecule has 3 fully saturated rings. The van der Waals surface area contributed by atoms with Crippen molar-refractivity contribution in [3.8, 4) is 0 Å². The van der Waals surface area contributed by atoms with Crippen LogP contribution >= 0.6 is 0 Å². The van der Waals surface area contributed by atoms with Crippen LogP contribution in [0.25, 0.3) is 0 Å². The highest BCUT2D eigenvalue weighted by atomic mass is 16.6. The Hall–Kier alpha value is -0.730. The van der Waals surface area contributed by atoms with E-state index in [0.29, 0.717) is 12.0 Å². The number of hydrogen-bond acceptors (Lipinski definition) is 2. The monoisotopic (exact) mass is 209 g/mol. The van der Waals surface area contributed by atoms with Crippen molar-refractivity contribution in [1.82, 2.24) is 4.90 Å². The van der Waals surface area contributed by atoms with E-state index < -0.39 is 0 Å². The van der Waals surface area contributed by atoms with Crippen LogP contribution in [0.15, 0.2) is 0 Å². The van der Waals surface area contributed by atoms with E-state index in [1.165, 1.54) is 25.7 Å². The van der Waals surface area contributed by atoms with Crippen molar-refractivity contribution in [3.63, 3.8) is 0 Å². The van der Waals surface area contributed by atoms with E-state index in [1.54, 1.807) is 0 Å². The first-order valence-electron chi connectivity index (χ1n) is 6.24. The molecule has 0 bridgehead atoms. The molecule has 1 aliphatic carbocycles. The summed E-state index contributed by atoms with van der Waals surface area (Å²) in [5.41, 5.74) is 0. The van der Waals surface area contributed by atoms with Gasteiger partial charge in [0.05, 0.1) is 0 Å². The lowest BCUT2D eigenvalue weighted by atomic mass is 9.90. The molecular weight excluding hydrogens is 190 g/mol. The van der Waals surface area contributed by atoms with Crippen LogP contribution in [0.5, 0.6) is 0 Å². The van der Waals surface area contributed by atoms with E-state index in [2.05, 4.69) is 6.92 Å². The third-order valence-corrected chi connectivity index (χ3v) is 4.50. The first kappa shape index (κ1) is 9.49. The van der Waals surface area contributed by atoms with Crippen LogP contribution in [-0.4, -0.2) is 29.7 Å². The normalized spacial score (nSPS) is 44.6. The summed E-state index contributed by atoms with van der Waals surface area (Å²) in [6.45, 7) is 2.98. The van der Waals surface area contributed by atoms with Gasteiger partial charge in [0.1, 0.15) is 6.10 Å². The minimum atomic E-state index is -0.0578. The van der Waals surface area contributed by atoms with Crippen molar-refractivity contribution in [2.45, 2.75) is 51.2 Å². The van der Waals surface area contributed by atoms with Crippen molar-refractivity contribution < 1.29 is 9.53 Å². The Morgan fingerprint density at radius 3 is 3.00 bits per heavy atom. The van der Waals surface area contributed by atoms with E-state index >= 15 is 0 Å². The second kappa shape index (κ2) is 3.39. The summed E-state index contributed by atoms with van der Waals surface area (Å²) < 4.78 is 5.43. The molecule has 0 spiro atoms. The Balaban J connectivity index is 1.92. The maximum absolute atomic E-state index is 11.8. The van der Waals surface area contributed by atoms with E-state index in [9.17, 15) is 4.79 Å². The topological polar surface area (TPSA) is 29.5 Å². The van der Waals surface area contributed by atoms with Gasteiger partial charge in [-0.15, -0.1) is 0 Å². The summed E-state index contributed by atoms with van der Waals surface area (Å²) in [7, 11) is 0. The maximum atomic E-state index is 11.8. The third kappa shape index (κ3) is 1.35. The molecule has 3 heteroatoms. The van der Waals surface area contributed by atoms with Gasteiger partial charge in [-0.3, -0.25) is 0 Å². The fourth-order valence-electron chi connectivity index (χ4n) is 3.78. The summed E-state index contributed by atoms with van der Waals surface area (Å²) in [6, 6.07) is 0.503. The molecule has 3 rings (SSSR count). The second-order valence-electron chi connectivity index (χ2n) is 5.27. The Morgan fingerprint density at radius 2 is 2.13 bits per heavy atom. The molecule has 84 valence electrons. The summed E-state index contributed by atoms with van der Waals surface area (Å²) in [6.07, 6.45) is 6.39. The number of amides is 1. The molecule has 0 aromatic carbocycles. The SMILES string of the molecule is C[C@@H]1OC(=O)N2CCCC[C@@H]3CCC1C32. The average Bonchev–Trinajstić information content (AvgIpc) is 2.50. The van der Waals surface area contributed by atoms with Gasteiger partial charge in [0.15, 0.2) is 0 Å². The predicted octanol–water partition coefficient (Wildman–Crippen LogP) is 2.41. The second-order valence-corrected chi connectivity index (χ2v) is 5.27. The molecular formula is C12H19NO2. The fourth-order valence-corrected chi connectivity index (χ4v) is 3.78. The number of cyclic esters (lactones) is 1. The summed E-state index contributed by atoms with van der Waals surface area (Å²) >= 11 is 0. The number of nitrogens with zero attached hydrogens (tertiary/aromatic N) is 1. The van der Waals surface area contributed by atoms with Crippen molar-refractivity contribution in [2.75, 3.05) is 6.54 Å². The molecule has 0 aromatic heterocycles. The number of carbonyl (C=O) groups is 1. The summed E-state index contributed by atoms with van der Waals surface area (Å²) in [5, 5.41) is 0. The van der Waals surface area contributed by atoms with Gasteiger partial charge in [-0.2, -0.15) is 0 Å². The predicted molar refractivity (Wildman–Crippen MR) is 56.5 cm³/mol. The van der Waals surface area contributed by atoms with Gasteiger partial charge in [0.2, 0.25) is 0 Å². The molecule has 1 saturated carbocycles. The molecule has 3 aliphatic rings. The van der Waals surface area contributed by atoms with Crippen LogP contribution in [0.2, 0.25) is 0 Å². The van der Waals surface area contributed by atoms with Crippen LogP contribution in [0.1, 0.15) is 39.0 Å². The lowest BCUT2D eigenvalue weighted by Gasteiger charge is -2.41. The first-order valence-corrected chi connectivity index (χ1v) is 6.24. The third-order valence-electron chi connectivity index (χ3n) is 4.50. The summed E-state index contributed by atoms with van der Waals surface area (Å²) in [4.78, 5) is 13.8. The zero-order valence-corrected chi connectivity index (χ0v) is 9.32. The molecule has 2 unspecified atom stereocenters. The molecule has 0 radical (unpaired) electrons. The Bertz CT molecular complexity index is 279. The highest BCUT2D eigenvalue weighted by molar-refractivity contribution is 5.69. The molecule has 0 aromatic rings. The minimum absolute atomic E-state index is 0.0578. The summed E-state index contributed by atoms with van der Waals surface area (Å²) in [5.74, 6) is 1.36. The van der Waals surface area contributed by atoms with Gasteiger partial charge < -0.3 is 9.64 Å². The van der Waals surface area contributed by atoms with Crippen molar-refractivity contribution in [1.29, 1.82) is 0 Å². The van der Waals surface area contributed by atoms with Crippen LogP contribution in [0.3, 0.4) is 0 Å². The van der Waals surface area contributed by atoms with Gasteiger partial charge in [0.25, 0.3) is 0 Å². The molecule has 1 amide bonds. The largest absolute Gasteiger partial charge is 0.446 e. The molecule has 2 saturated heterocycles. The maximum Gasteiger partial charge on any atom is 0.410 e. The molecule has 3 nitrogen and oxygen atoms in total. The zero-order chi connectivity index (χ0) is 10.4. The van der Waals surface area contributed by atoms with Crippen LogP contribution in [0, 0.1) is 11.8 Å². The fraction of sp³-hybridized carbons (Fsp3) is 0.917. The molecule has 2 heterocycles. The Labute approximate surface area is 90.8 Å². The zero-order valence-electron chi connectivity index (χ0n) is 9.32. The lowest BCUT2D eigenvalue weighted by molar-refractivity contribution is -0.0303. The number of rotatable bonds is 0. The van der Waals surface area contributed by atoms with E-state index in [-0.39, 0.29) is 12.2 Å². The van der Waals surface area contributed by atoms with Gasteiger partial charge >= 0.3 is 6.09 Å². The molecule has 2 aliphatic heterocycles. The van der Waals surface area contributed by atoms with Crippen LogP contribution in [-0.2, 0) is 4.74 Å². The Kier molecular flexibility index (Phi) is 2.15. The highest BCUT2D eigenvalue weighted by Crippen LogP contribution is 2.44. The van der Waals surface area contributed by atoms with Crippen LogP contribution < -0.4 is 0 Å². The van der Waals surface area contributed by atoms with Crippen molar-refractivity contribution in [2.24, 2.45) is 11.8 Å². The average molecular weight is 209 g/mol. The van der Waals surface area contributed by atoms with E-state index in [0.717, 1.165) is 18.9 Å². The van der Waals surface area contributed by atoms with E-state index in [1.807, 2.05) is 4.90 Å². The number of ether oxygens (including phenoxy) is 1. The first-order chi connectivity index (χ1) is 7.27. The van der Waals surface area contributed by atoms with Gasteiger partial charge in [-0.1, -0.05) is 6.42 Å².